The van der Waals surface area contributed by atoms with E-state index in [4.69, 9.17) is 5.11 Å². The summed E-state index contributed by atoms with van der Waals surface area (Å²) < 4.78 is 143. The number of carbonyl (C=O) groups excluding carboxylic acids is 1. The predicted molar refractivity (Wildman–Crippen MR) is 93.0 cm³/mol. The van der Waals surface area contributed by atoms with Crippen LogP contribution in [0.1, 0.15) is 34.9 Å². The summed E-state index contributed by atoms with van der Waals surface area (Å²) in [7, 11) is -5.64. The maximum absolute atomic E-state index is 14.7. The van der Waals surface area contributed by atoms with E-state index in [0.717, 1.165) is 0 Å². The average Bonchev–Trinajstić information content (AvgIpc) is 2.76. The Hall–Kier alpha value is -2.98. The molecule has 2 aromatic carbocycles. The van der Waals surface area contributed by atoms with Crippen LogP contribution in [-0.4, -0.2) is 38.3 Å². The molecule has 0 bridgehead atoms. The first-order chi connectivity index (χ1) is 15.7. The second-order valence-corrected chi connectivity index (χ2v) is 7.85. The fourth-order valence-electron chi connectivity index (χ4n) is 2.76. The number of aliphatic hydroxyl groups excluding tert-OH is 2. The second kappa shape index (κ2) is 10.1. The van der Waals surface area contributed by atoms with E-state index >= 15 is 0 Å². The van der Waals surface area contributed by atoms with Gasteiger partial charge in [0.1, 0.15) is 5.56 Å². The molecule has 0 aliphatic rings. The van der Waals surface area contributed by atoms with E-state index in [1.54, 1.807) is 0 Å². The van der Waals surface area contributed by atoms with Crippen LogP contribution in [0.15, 0.2) is 4.90 Å². The molecular formula is C18H12F8O7S. The van der Waals surface area contributed by atoms with E-state index in [0.29, 0.717) is 7.11 Å². The van der Waals surface area contributed by atoms with Gasteiger partial charge in [-0.25, -0.2) is 35.5 Å². The molecule has 0 saturated heterocycles. The normalized spacial score (nSPS) is 12.6. The Labute approximate surface area is 185 Å². The van der Waals surface area contributed by atoms with Crippen LogP contribution in [0.2, 0.25) is 0 Å². The van der Waals surface area contributed by atoms with Crippen molar-refractivity contribution in [3.63, 3.8) is 0 Å². The summed E-state index contributed by atoms with van der Waals surface area (Å²) in [5, 5.41) is 18.8. The SMILES string of the molecule is COc1c(F)c(F)c(C(O)CCCO)c(C(=O)OS(=O)(=O)c2c(F)c(F)c(F)c(F)c2F)c1F. The average molecular weight is 524 g/mol. The molecule has 188 valence electrons. The predicted octanol–water partition coefficient (Wildman–Crippen LogP) is 3.16. The summed E-state index contributed by atoms with van der Waals surface area (Å²) in [5.74, 6) is -24.5. The van der Waals surface area contributed by atoms with Crippen LogP contribution < -0.4 is 4.74 Å². The van der Waals surface area contributed by atoms with Crippen molar-refractivity contribution in [2.24, 2.45) is 0 Å². The van der Waals surface area contributed by atoms with Gasteiger partial charge in [-0.15, -0.1) is 0 Å². The van der Waals surface area contributed by atoms with Gasteiger partial charge in [0, 0.05) is 12.2 Å². The van der Waals surface area contributed by atoms with Gasteiger partial charge in [0.05, 0.1) is 13.2 Å². The number of halogens is 8. The molecule has 2 rings (SSSR count). The minimum absolute atomic E-state index is 0.312. The number of hydrogen-bond acceptors (Lipinski definition) is 7. The first-order valence-electron chi connectivity index (χ1n) is 8.76. The number of carbonyl (C=O) groups is 1. The molecule has 0 amide bonds. The van der Waals surface area contributed by atoms with Crippen molar-refractivity contribution in [3.05, 3.63) is 57.7 Å². The van der Waals surface area contributed by atoms with Crippen LogP contribution in [0, 0.1) is 46.5 Å². The Balaban J connectivity index is 2.72. The van der Waals surface area contributed by atoms with Crippen molar-refractivity contribution in [2.45, 2.75) is 23.8 Å². The summed E-state index contributed by atoms with van der Waals surface area (Å²) in [6.07, 6.45) is -3.21. The topological polar surface area (TPSA) is 110 Å². The molecule has 0 aliphatic carbocycles. The quantitative estimate of drug-likeness (QED) is 0.236. The molecule has 2 N–H and O–H groups in total. The highest BCUT2D eigenvalue weighted by Gasteiger charge is 2.39. The molecular weight excluding hydrogens is 512 g/mol. The highest BCUT2D eigenvalue weighted by atomic mass is 32.2. The molecule has 0 aliphatic heterocycles. The van der Waals surface area contributed by atoms with Crippen LogP contribution >= 0.6 is 0 Å². The molecule has 0 radical (unpaired) electrons. The van der Waals surface area contributed by atoms with E-state index in [1.807, 2.05) is 0 Å². The second-order valence-electron chi connectivity index (χ2n) is 6.37. The smallest absolute Gasteiger partial charge is 0.357 e. The van der Waals surface area contributed by atoms with Gasteiger partial charge in [0.2, 0.25) is 11.6 Å². The minimum atomic E-state index is -6.24. The van der Waals surface area contributed by atoms with E-state index in [9.17, 15) is 53.4 Å². The van der Waals surface area contributed by atoms with Gasteiger partial charge in [-0.1, -0.05) is 0 Å². The molecule has 0 saturated carbocycles. The molecule has 1 atom stereocenters. The lowest BCUT2D eigenvalue weighted by Crippen LogP contribution is -2.23. The number of rotatable bonds is 8. The van der Waals surface area contributed by atoms with Gasteiger partial charge in [-0.05, 0) is 12.8 Å². The van der Waals surface area contributed by atoms with Crippen molar-refractivity contribution in [1.82, 2.24) is 0 Å². The zero-order chi connectivity index (χ0) is 26.1. The van der Waals surface area contributed by atoms with Crippen molar-refractivity contribution >= 4 is 16.1 Å². The van der Waals surface area contributed by atoms with Crippen LogP contribution in [0.25, 0.3) is 0 Å². The number of ether oxygens (including phenoxy) is 1. The maximum Gasteiger partial charge on any atom is 0.357 e. The Bertz CT molecular complexity index is 1220. The van der Waals surface area contributed by atoms with Crippen LogP contribution in [0.3, 0.4) is 0 Å². The van der Waals surface area contributed by atoms with Crippen molar-refractivity contribution in [2.75, 3.05) is 13.7 Å². The summed E-state index contributed by atoms with van der Waals surface area (Å²) in [6.45, 7) is -0.617. The molecule has 1 unspecified atom stereocenters. The minimum Gasteiger partial charge on any atom is -0.491 e. The molecule has 7 nitrogen and oxygen atoms in total. The highest BCUT2D eigenvalue weighted by Crippen LogP contribution is 2.37. The first kappa shape index (κ1) is 27.3. The Morgan fingerprint density at radius 2 is 1.35 bits per heavy atom. The third kappa shape index (κ3) is 4.65. The maximum atomic E-state index is 14.7. The van der Waals surface area contributed by atoms with Gasteiger partial charge in [-0.2, -0.15) is 12.8 Å². The molecule has 2 aromatic rings. The van der Waals surface area contributed by atoms with Crippen molar-refractivity contribution in [3.8, 4) is 5.75 Å². The highest BCUT2D eigenvalue weighted by molar-refractivity contribution is 7.87. The van der Waals surface area contributed by atoms with E-state index in [1.165, 1.54) is 0 Å². The van der Waals surface area contributed by atoms with Gasteiger partial charge in [0.25, 0.3) is 0 Å². The zero-order valence-corrected chi connectivity index (χ0v) is 17.4. The van der Waals surface area contributed by atoms with Crippen LogP contribution in [0.5, 0.6) is 5.75 Å². The molecule has 0 spiro atoms. The number of benzene rings is 2. The van der Waals surface area contributed by atoms with Gasteiger partial charge in [0.15, 0.2) is 45.5 Å². The van der Waals surface area contributed by atoms with Crippen molar-refractivity contribution in [1.29, 1.82) is 0 Å². The number of aliphatic hydroxyl groups is 2. The van der Waals surface area contributed by atoms with Crippen LogP contribution in [-0.2, 0) is 14.3 Å². The lowest BCUT2D eigenvalue weighted by Gasteiger charge is -2.19. The Morgan fingerprint density at radius 1 is 0.853 bits per heavy atom. The standard InChI is InChI=1S/C18H12F8O7S/c1-32-16-9(20)7(6(8(19)13(16)24)5(28)3-2-4-27)18(29)33-34(30,31)17-14(25)11(22)10(21)12(23)15(17)26/h5,27-28H,2-4H2,1H3. The number of hydrogen-bond donors (Lipinski definition) is 2. The molecule has 0 aromatic heterocycles. The number of methoxy groups -OCH3 is 1. The summed E-state index contributed by atoms with van der Waals surface area (Å²) in [6, 6.07) is 0. The molecule has 34 heavy (non-hydrogen) atoms. The van der Waals surface area contributed by atoms with E-state index in [2.05, 4.69) is 8.92 Å². The third-order valence-electron chi connectivity index (χ3n) is 4.30. The molecule has 0 heterocycles. The van der Waals surface area contributed by atoms with E-state index in [-0.39, 0.29) is 6.42 Å². The third-order valence-corrected chi connectivity index (χ3v) is 5.53. The fourth-order valence-corrected chi connectivity index (χ4v) is 3.75. The summed E-state index contributed by atoms with van der Waals surface area (Å²) >= 11 is 0. The van der Waals surface area contributed by atoms with Gasteiger partial charge >= 0.3 is 16.1 Å². The largest absolute Gasteiger partial charge is 0.491 e. The van der Waals surface area contributed by atoms with Crippen molar-refractivity contribution < 1.29 is 67.5 Å². The lowest BCUT2D eigenvalue weighted by molar-refractivity contribution is 0.0726. The lowest BCUT2D eigenvalue weighted by atomic mass is 9.97. The van der Waals surface area contributed by atoms with E-state index < -0.39 is 104 Å². The van der Waals surface area contributed by atoms with Crippen LogP contribution in [0.4, 0.5) is 35.1 Å². The zero-order valence-electron chi connectivity index (χ0n) is 16.6. The summed E-state index contributed by atoms with van der Waals surface area (Å²) in [4.78, 5) is 9.76. The summed E-state index contributed by atoms with van der Waals surface area (Å²) in [5.41, 5.74) is -3.35. The first-order valence-corrected chi connectivity index (χ1v) is 10.2. The van der Waals surface area contributed by atoms with Gasteiger partial charge < -0.3 is 19.1 Å². The molecule has 16 heteroatoms. The fraction of sp³-hybridized carbons (Fsp3) is 0.278. The Kier molecular flexibility index (Phi) is 8.10. The molecule has 0 fully saturated rings. The monoisotopic (exact) mass is 524 g/mol. The Morgan fingerprint density at radius 3 is 1.82 bits per heavy atom. The van der Waals surface area contributed by atoms with Gasteiger partial charge in [-0.3, -0.25) is 0 Å².